The molecule has 98 valence electrons. The number of halogens is 3. The molecule has 1 aromatic carbocycles. The van der Waals surface area contributed by atoms with Gasteiger partial charge in [0.25, 0.3) is 0 Å². The quantitative estimate of drug-likeness (QED) is 0.795. The molecule has 2 rings (SSSR count). The highest BCUT2D eigenvalue weighted by Crippen LogP contribution is 2.36. The fourth-order valence-electron chi connectivity index (χ4n) is 1.77. The van der Waals surface area contributed by atoms with Crippen LogP contribution >= 0.6 is 0 Å². The molecular weight excluding hydrogens is 255 g/mol. The number of alkyl halides is 3. The predicted octanol–water partition coefficient (Wildman–Crippen LogP) is 3.51. The van der Waals surface area contributed by atoms with Crippen LogP contribution in [0.25, 0.3) is 11.1 Å². The molecule has 0 aliphatic rings. The van der Waals surface area contributed by atoms with E-state index >= 15 is 0 Å². The number of hydrogen-bond acceptors (Lipinski definition) is 2. The van der Waals surface area contributed by atoms with Gasteiger partial charge in [0.15, 0.2) is 0 Å². The Morgan fingerprint density at radius 1 is 1.11 bits per heavy atom. The third-order valence-electron chi connectivity index (χ3n) is 2.66. The van der Waals surface area contributed by atoms with E-state index < -0.39 is 11.7 Å². The SMILES string of the molecule is O=CCc1ccc(-c2ccccc2C(F)(F)F)cn1. The van der Waals surface area contributed by atoms with Crippen LogP contribution < -0.4 is 0 Å². The molecular formula is C14H10F3NO. The maximum atomic E-state index is 12.9. The molecule has 0 N–H and O–H groups in total. The normalized spacial score (nSPS) is 11.3. The summed E-state index contributed by atoms with van der Waals surface area (Å²) in [7, 11) is 0. The van der Waals surface area contributed by atoms with E-state index in [1.807, 2.05) is 0 Å². The van der Waals surface area contributed by atoms with Crippen LogP contribution in [0.4, 0.5) is 13.2 Å². The summed E-state index contributed by atoms with van der Waals surface area (Å²) in [6, 6.07) is 8.42. The highest BCUT2D eigenvalue weighted by molar-refractivity contribution is 5.67. The third-order valence-corrected chi connectivity index (χ3v) is 2.66. The molecule has 2 aromatic rings. The van der Waals surface area contributed by atoms with Crippen LogP contribution in [0, 0.1) is 0 Å². The third kappa shape index (κ3) is 2.99. The molecule has 1 heterocycles. The molecule has 0 saturated heterocycles. The Bertz CT molecular complexity index is 576. The van der Waals surface area contributed by atoms with Crippen molar-refractivity contribution in [3.05, 3.63) is 53.9 Å². The van der Waals surface area contributed by atoms with Crippen LogP contribution in [-0.2, 0) is 17.4 Å². The molecule has 0 bridgehead atoms. The van der Waals surface area contributed by atoms with Gasteiger partial charge in [-0.15, -0.1) is 0 Å². The number of pyridine rings is 1. The van der Waals surface area contributed by atoms with Gasteiger partial charge in [0.1, 0.15) is 6.29 Å². The predicted molar refractivity (Wildman–Crippen MR) is 64.4 cm³/mol. The number of nitrogens with zero attached hydrogens (tertiary/aromatic N) is 1. The van der Waals surface area contributed by atoms with Crippen molar-refractivity contribution in [2.24, 2.45) is 0 Å². The monoisotopic (exact) mass is 265 g/mol. The second-order valence-electron chi connectivity index (χ2n) is 3.95. The molecule has 19 heavy (non-hydrogen) atoms. The molecule has 0 radical (unpaired) electrons. The van der Waals surface area contributed by atoms with Crippen molar-refractivity contribution in [2.45, 2.75) is 12.6 Å². The molecule has 0 aliphatic carbocycles. The summed E-state index contributed by atoms with van der Waals surface area (Å²) in [5.74, 6) is 0. The lowest BCUT2D eigenvalue weighted by molar-refractivity contribution is -0.137. The van der Waals surface area contributed by atoms with Gasteiger partial charge >= 0.3 is 6.18 Å². The van der Waals surface area contributed by atoms with Crippen LogP contribution in [0.3, 0.4) is 0 Å². The first kappa shape index (κ1) is 13.3. The maximum absolute atomic E-state index is 12.9. The zero-order chi connectivity index (χ0) is 13.9. The zero-order valence-corrected chi connectivity index (χ0v) is 9.82. The average Bonchev–Trinajstić information content (AvgIpc) is 2.39. The number of benzene rings is 1. The molecule has 0 fully saturated rings. The first-order chi connectivity index (χ1) is 9.02. The van der Waals surface area contributed by atoms with E-state index in [1.165, 1.54) is 24.4 Å². The van der Waals surface area contributed by atoms with Gasteiger partial charge in [-0.3, -0.25) is 4.98 Å². The summed E-state index contributed by atoms with van der Waals surface area (Å²) in [6.45, 7) is 0. The second-order valence-corrected chi connectivity index (χ2v) is 3.95. The summed E-state index contributed by atoms with van der Waals surface area (Å²) in [6.07, 6.45) is -2.20. The van der Waals surface area contributed by atoms with E-state index in [-0.39, 0.29) is 12.0 Å². The standard InChI is InChI=1S/C14H10F3NO/c15-14(16,17)13-4-2-1-3-12(13)10-5-6-11(7-8-19)18-9-10/h1-6,8-9H,7H2. The topological polar surface area (TPSA) is 30.0 Å². The van der Waals surface area contributed by atoms with Crippen LogP contribution in [0.2, 0.25) is 0 Å². The largest absolute Gasteiger partial charge is 0.417 e. The lowest BCUT2D eigenvalue weighted by Crippen LogP contribution is -2.07. The molecule has 1 aromatic heterocycles. The van der Waals surface area contributed by atoms with E-state index in [1.54, 1.807) is 12.1 Å². The summed E-state index contributed by atoms with van der Waals surface area (Å²) < 4.78 is 38.6. The number of aromatic nitrogens is 1. The van der Waals surface area contributed by atoms with Crippen molar-refractivity contribution in [1.29, 1.82) is 0 Å². The van der Waals surface area contributed by atoms with E-state index in [2.05, 4.69) is 4.98 Å². The molecule has 2 nitrogen and oxygen atoms in total. The minimum absolute atomic E-state index is 0.0835. The van der Waals surface area contributed by atoms with E-state index in [4.69, 9.17) is 0 Å². The Labute approximate surface area is 107 Å². The van der Waals surface area contributed by atoms with Gasteiger partial charge in [0.2, 0.25) is 0 Å². The minimum Gasteiger partial charge on any atom is -0.303 e. The Hall–Kier alpha value is -2.17. The Morgan fingerprint density at radius 3 is 2.42 bits per heavy atom. The van der Waals surface area contributed by atoms with E-state index in [0.29, 0.717) is 17.5 Å². The molecule has 0 amide bonds. The number of hydrogen-bond donors (Lipinski definition) is 0. The fraction of sp³-hybridized carbons (Fsp3) is 0.143. The van der Waals surface area contributed by atoms with Crippen LogP contribution in [-0.4, -0.2) is 11.3 Å². The summed E-state index contributed by atoms with van der Waals surface area (Å²) in [5.41, 5.74) is 0.297. The Morgan fingerprint density at radius 2 is 1.84 bits per heavy atom. The highest BCUT2D eigenvalue weighted by Gasteiger charge is 2.33. The van der Waals surface area contributed by atoms with Gasteiger partial charge in [-0.2, -0.15) is 13.2 Å². The summed E-state index contributed by atoms with van der Waals surface area (Å²) in [4.78, 5) is 14.3. The Balaban J connectivity index is 2.44. The van der Waals surface area contributed by atoms with Gasteiger partial charge in [-0.1, -0.05) is 24.3 Å². The lowest BCUT2D eigenvalue weighted by Gasteiger charge is -2.12. The fourth-order valence-corrected chi connectivity index (χ4v) is 1.77. The minimum atomic E-state index is -4.40. The van der Waals surface area contributed by atoms with E-state index in [9.17, 15) is 18.0 Å². The highest BCUT2D eigenvalue weighted by atomic mass is 19.4. The van der Waals surface area contributed by atoms with Gasteiger partial charge in [0.05, 0.1) is 5.56 Å². The van der Waals surface area contributed by atoms with Crippen LogP contribution in [0.15, 0.2) is 42.6 Å². The average molecular weight is 265 g/mol. The molecule has 0 spiro atoms. The molecule has 0 aliphatic heterocycles. The van der Waals surface area contributed by atoms with Gasteiger partial charge < -0.3 is 4.79 Å². The van der Waals surface area contributed by atoms with Gasteiger partial charge in [0, 0.05) is 23.9 Å². The number of aldehydes is 1. The van der Waals surface area contributed by atoms with Crippen molar-refractivity contribution >= 4 is 6.29 Å². The van der Waals surface area contributed by atoms with Crippen molar-refractivity contribution in [1.82, 2.24) is 4.98 Å². The van der Waals surface area contributed by atoms with Crippen molar-refractivity contribution in [3.63, 3.8) is 0 Å². The van der Waals surface area contributed by atoms with Crippen molar-refractivity contribution < 1.29 is 18.0 Å². The smallest absolute Gasteiger partial charge is 0.303 e. The number of rotatable bonds is 3. The molecule has 0 atom stereocenters. The molecule has 0 saturated carbocycles. The number of carbonyl (C=O) groups is 1. The first-order valence-corrected chi connectivity index (χ1v) is 5.57. The zero-order valence-electron chi connectivity index (χ0n) is 9.82. The summed E-state index contributed by atoms with van der Waals surface area (Å²) >= 11 is 0. The maximum Gasteiger partial charge on any atom is 0.417 e. The first-order valence-electron chi connectivity index (χ1n) is 5.57. The van der Waals surface area contributed by atoms with Crippen LogP contribution in [0.5, 0.6) is 0 Å². The van der Waals surface area contributed by atoms with Crippen LogP contribution in [0.1, 0.15) is 11.3 Å². The molecule has 5 heteroatoms. The van der Waals surface area contributed by atoms with Crippen molar-refractivity contribution in [3.8, 4) is 11.1 Å². The van der Waals surface area contributed by atoms with Crippen molar-refractivity contribution in [2.75, 3.05) is 0 Å². The van der Waals surface area contributed by atoms with E-state index in [0.717, 1.165) is 6.07 Å². The second kappa shape index (κ2) is 5.22. The van der Waals surface area contributed by atoms with Gasteiger partial charge in [-0.05, 0) is 17.7 Å². The van der Waals surface area contributed by atoms with Gasteiger partial charge in [-0.25, -0.2) is 0 Å². The summed E-state index contributed by atoms with van der Waals surface area (Å²) in [5, 5.41) is 0. The number of carbonyl (C=O) groups excluding carboxylic acids is 1. The Kier molecular flexibility index (Phi) is 3.64. The molecule has 0 unspecified atom stereocenters. The lowest BCUT2D eigenvalue weighted by atomic mass is 10.0.